The van der Waals surface area contributed by atoms with Crippen molar-refractivity contribution in [1.29, 1.82) is 0 Å². The number of aliphatic hydroxyl groups is 1. The molecule has 0 saturated carbocycles. The molecule has 0 fully saturated rings. The van der Waals surface area contributed by atoms with E-state index >= 15 is 0 Å². The maximum atomic E-state index is 12.4. The molecular weight excluding hydrogens is 354 g/mol. The molecule has 2 aromatic rings. The Hall–Kier alpha value is -1.21. The average molecular weight is 370 g/mol. The van der Waals surface area contributed by atoms with E-state index in [0.29, 0.717) is 5.56 Å². The molecule has 112 valence electrons. The van der Waals surface area contributed by atoms with Gasteiger partial charge in [-0.3, -0.25) is 0 Å². The van der Waals surface area contributed by atoms with E-state index in [1.165, 1.54) is 19.2 Å². The Morgan fingerprint density at radius 1 is 1.10 bits per heavy atom. The highest BCUT2D eigenvalue weighted by molar-refractivity contribution is 9.10. The summed E-state index contributed by atoms with van der Waals surface area (Å²) in [6.07, 6.45) is -0.860. The van der Waals surface area contributed by atoms with Crippen LogP contribution in [0, 0.1) is 0 Å². The topological polar surface area (TPSA) is 57.6 Å². The predicted molar refractivity (Wildman–Crippen MR) is 85.4 cm³/mol. The number of likely N-dealkylation sites (N-methyl/N-ethyl adjacent to an activating group) is 1. The van der Waals surface area contributed by atoms with Crippen molar-refractivity contribution >= 4 is 26.0 Å². The highest BCUT2D eigenvalue weighted by Crippen LogP contribution is 2.20. The number of hydrogen-bond donors (Lipinski definition) is 1. The van der Waals surface area contributed by atoms with Gasteiger partial charge in [0, 0.05) is 18.1 Å². The van der Waals surface area contributed by atoms with Gasteiger partial charge in [-0.1, -0.05) is 46.3 Å². The number of nitrogens with zero attached hydrogens (tertiary/aromatic N) is 1. The van der Waals surface area contributed by atoms with Crippen LogP contribution < -0.4 is 0 Å². The van der Waals surface area contributed by atoms with E-state index < -0.39 is 16.1 Å². The van der Waals surface area contributed by atoms with Crippen LogP contribution in [0.4, 0.5) is 0 Å². The van der Waals surface area contributed by atoms with Crippen molar-refractivity contribution in [2.75, 3.05) is 13.6 Å². The molecule has 0 aliphatic rings. The third-order valence-electron chi connectivity index (χ3n) is 3.14. The monoisotopic (exact) mass is 369 g/mol. The first-order valence-electron chi connectivity index (χ1n) is 6.36. The summed E-state index contributed by atoms with van der Waals surface area (Å²) in [5, 5.41) is 10.1. The molecule has 2 rings (SSSR count). The molecule has 21 heavy (non-hydrogen) atoms. The van der Waals surface area contributed by atoms with Crippen LogP contribution in [0.5, 0.6) is 0 Å². The van der Waals surface area contributed by atoms with E-state index in [4.69, 9.17) is 0 Å². The number of hydrogen-bond acceptors (Lipinski definition) is 3. The van der Waals surface area contributed by atoms with E-state index in [1.54, 1.807) is 24.3 Å². The minimum absolute atomic E-state index is 0.00239. The number of aliphatic hydroxyl groups excluding tert-OH is 1. The van der Waals surface area contributed by atoms with Gasteiger partial charge in [-0.25, -0.2) is 8.42 Å². The molecule has 0 heterocycles. The minimum atomic E-state index is -3.61. The SMILES string of the molecule is CN(CC(O)c1ccccc1)S(=O)(=O)c1ccc(Br)cc1. The molecule has 2 aromatic carbocycles. The van der Waals surface area contributed by atoms with Crippen molar-refractivity contribution in [2.24, 2.45) is 0 Å². The lowest BCUT2D eigenvalue weighted by atomic mass is 10.1. The van der Waals surface area contributed by atoms with Gasteiger partial charge in [0.2, 0.25) is 10.0 Å². The van der Waals surface area contributed by atoms with Crippen molar-refractivity contribution < 1.29 is 13.5 Å². The van der Waals surface area contributed by atoms with Gasteiger partial charge in [-0.15, -0.1) is 0 Å². The van der Waals surface area contributed by atoms with Crippen LogP contribution in [0.25, 0.3) is 0 Å². The second-order valence-electron chi connectivity index (χ2n) is 4.67. The quantitative estimate of drug-likeness (QED) is 0.881. The molecule has 0 bridgehead atoms. The molecular formula is C15H16BrNO3S. The second-order valence-corrected chi connectivity index (χ2v) is 7.63. The molecule has 4 nitrogen and oxygen atoms in total. The van der Waals surface area contributed by atoms with Crippen LogP contribution in [0.15, 0.2) is 64.0 Å². The van der Waals surface area contributed by atoms with E-state index in [0.717, 1.165) is 8.78 Å². The van der Waals surface area contributed by atoms with Crippen molar-refractivity contribution in [3.63, 3.8) is 0 Å². The maximum Gasteiger partial charge on any atom is 0.242 e. The van der Waals surface area contributed by atoms with Crippen LogP contribution in [-0.2, 0) is 10.0 Å². The molecule has 0 aliphatic heterocycles. The first-order chi connectivity index (χ1) is 9.91. The number of sulfonamides is 1. The number of halogens is 1. The first kappa shape index (κ1) is 16.2. The Labute approximate surface area is 133 Å². The van der Waals surface area contributed by atoms with Crippen molar-refractivity contribution in [3.05, 3.63) is 64.6 Å². The van der Waals surface area contributed by atoms with Gasteiger partial charge in [-0.2, -0.15) is 4.31 Å². The summed E-state index contributed by atoms with van der Waals surface area (Å²) < 4.78 is 26.8. The summed E-state index contributed by atoms with van der Waals surface area (Å²) in [4.78, 5) is 0.202. The lowest BCUT2D eigenvalue weighted by molar-refractivity contribution is 0.155. The normalized spacial score (nSPS) is 13.3. The lowest BCUT2D eigenvalue weighted by Gasteiger charge is -2.21. The fourth-order valence-corrected chi connectivity index (χ4v) is 3.35. The Morgan fingerprint density at radius 2 is 1.67 bits per heavy atom. The first-order valence-corrected chi connectivity index (χ1v) is 8.59. The van der Waals surface area contributed by atoms with Gasteiger partial charge < -0.3 is 5.11 Å². The van der Waals surface area contributed by atoms with Crippen molar-refractivity contribution in [3.8, 4) is 0 Å². The van der Waals surface area contributed by atoms with Gasteiger partial charge >= 0.3 is 0 Å². The van der Waals surface area contributed by atoms with Crippen LogP contribution in [0.3, 0.4) is 0 Å². The van der Waals surface area contributed by atoms with E-state index in [-0.39, 0.29) is 11.4 Å². The fourth-order valence-electron chi connectivity index (χ4n) is 1.91. The van der Waals surface area contributed by atoms with E-state index in [9.17, 15) is 13.5 Å². The lowest BCUT2D eigenvalue weighted by Crippen LogP contribution is -2.31. The minimum Gasteiger partial charge on any atom is -0.387 e. The maximum absolute atomic E-state index is 12.4. The largest absolute Gasteiger partial charge is 0.387 e. The van der Waals surface area contributed by atoms with E-state index in [2.05, 4.69) is 15.9 Å². The Balaban J connectivity index is 2.15. The zero-order valence-electron chi connectivity index (χ0n) is 11.5. The molecule has 1 atom stereocenters. The summed E-state index contributed by atoms with van der Waals surface area (Å²) in [5.74, 6) is 0. The zero-order valence-corrected chi connectivity index (χ0v) is 13.9. The highest BCUT2D eigenvalue weighted by atomic mass is 79.9. The molecule has 0 radical (unpaired) electrons. The molecule has 6 heteroatoms. The smallest absolute Gasteiger partial charge is 0.242 e. The van der Waals surface area contributed by atoms with Crippen molar-refractivity contribution in [1.82, 2.24) is 4.31 Å². The zero-order chi connectivity index (χ0) is 15.5. The third kappa shape index (κ3) is 3.91. The van der Waals surface area contributed by atoms with Crippen LogP contribution in [-0.4, -0.2) is 31.4 Å². The van der Waals surface area contributed by atoms with Gasteiger partial charge in [0.15, 0.2) is 0 Å². The Bertz CT molecular complexity index is 687. The van der Waals surface area contributed by atoms with Crippen molar-refractivity contribution in [2.45, 2.75) is 11.0 Å². The highest BCUT2D eigenvalue weighted by Gasteiger charge is 2.23. The third-order valence-corrected chi connectivity index (χ3v) is 5.50. The molecule has 0 saturated heterocycles. The summed E-state index contributed by atoms with van der Waals surface area (Å²) in [7, 11) is -2.14. The Kier molecular flexibility index (Phi) is 5.16. The second kappa shape index (κ2) is 6.70. The van der Waals surface area contributed by atoms with Gasteiger partial charge in [0.05, 0.1) is 11.0 Å². The molecule has 0 aromatic heterocycles. The number of rotatable bonds is 5. The molecule has 0 amide bonds. The summed E-state index contributed by atoms with van der Waals surface area (Å²) in [6.45, 7) is 0.00239. The summed E-state index contributed by atoms with van der Waals surface area (Å²) in [5.41, 5.74) is 0.690. The Morgan fingerprint density at radius 3 is 2.24 bits per heavy atom. The number of benzene rings is 2. The van der Waals surface area contributed by atoms with Gasteiger partial charge in [0.25, 0.3) is 0 Å². The summed E-state index contributed by atoms with van der Waals surface area (Å²) >= 11 is 3.27. The fraction of sp³-hybridized carbons (Fsp3) is 0.200. The predicted octanol–water partition coefficient (Wildman–Crippen LogP) is 2.80. The van der Waals surface area contributed by atoms with Gasteiger partial charge in [-0.05, 0) is 29.8 Å². The standard InChI is InChI=1S/C15H16BrNO3S/c1-17(11-15(18)12-5-3-2-4-6-12)21(19,20)14-9-7-13(16)8-10-14/h2-10,15,18H,11H2,1H3. The molecule has 0 aliphatic carbocycles. The molecule has 0 spiro atoms. The van der Waals surface area contributed by atoms with Crippen LogP contribution in [0.2, 0.25) is 0 Å². The summed E-state index contributed by atoms with van der Waals surface area (Å²) in [6, 6.07) is 15.4. The van der Waals surface area contributed by atoms with Gasteiger partial charge in [0.1, 0.15) is 0 Å². The van der Waals surface area contributed by atoms with Crippen LogP contribution >= 0.6 is 15.9 Å². The van der Waals surface area contributed by atoms with E-state index in [1.807, 2.05) is 18.2 Å². The average Bonchev–Trinajstić information content (AvgIpc) is 2.48. The molecule has 1 unspecified atom stereocenters. The van der Waals surface area contributed by atoms with Crippen LogP contribution in [0.1, 0.15) is 11.7 Å². The molecule has 1 N–H and O–H groups in total.